The number of ether oxygens (including phenoxy) is 1. The lowest BCUT2D eigenvalue weighted by atomic mass is 9.80. The third kappa shape index (κ3) is 3.08. The molecule has 1 unspecified atom stereocenters. The molecule has 1 N–H and O–H groups in total. The highest BCUT2D eigenvalue weighted by atomic mass is 16.5. The lowest BCUT2D eigenvalue weighted by molar-refractivity contribution is -0.169. The molecule has 0 aromatic heterocycles. The van der Waals surface area contributed by atoms with Crippen molar-refractivity contribution in [2.45, 2.75) is 33.1 Å². The fourth-order valence-corrected chi connectivity index (χ4v) is 1.51. The highest BCUT2D eigenvalue weighted by Crippen LogP contribution is 2.31. The van der Waals surface area contributed by atoms with Gasteiger partial charge in [0.05, 0.1) is 6.61 Å². The summed E-state index contributed by atoms with van der Waals surface area (Å²) < 4.78 is 4.81. The van der Waals surface area contributed by atoms with Gasteiger partial charge in [0.15, 0.2) is 5.41 Å². The molecule has 1 atom stereocenters. The molecule has 0 heterocycles. The molecule has 86 valence electrons. The first-order valence-corrected chi connectivity index (χ1v) is 5.06. The third-order valence-electron chi connectivity index (χ3n) is 2.25. The van der Waals surface area contributed by atoms with Crippen molar-refractivity contribution < 1.29 is 19.4 Å². The van der Waals surface area contributed by atoms with Crippen LogP contribution in [-0.4, -0.2) is 23.7 Å². The van der Waals surface area contributed by atoms with Crippen molar-refractivity contribution in [3.05, 3.63) is 12.7 Å². The van der Waals surface area contributed by atoms with Crippen LogP contribution in [0.3, 0.4) is 0 Å². The molecule has 0 bridgehead atoms. The van der Waals surface area contributed by atoms with E-state index in [2.05, 4.69) is 6.58 Å². The maximum Gasteiger partial charge on any atom is 0.323 e. The zero-order valence-electron chi connectivity index (χ0n) is 9.28. The Morgan fingerprint density at radius 3 is 2.40 bits per heavy atom. The number of carboxylic acid groups (broad SMARTS) is 1. The van der Waals surface area contributed by atoms with Crippen LogP contribution in [0.2, 0.25) is 0 Å². The molecule has 0 spiro atoms. The predicted molar refractivity (Wildman–Crippen MR) is 56.4 cm³/mol. The van der Waals surface area contributed by atoms with Crippen molar-refractivity contribution >= 4 is 11.9 Å². The van der Waals surface area contributed by atoms with Crippen LogP contribution in [0.5, 0.6) is 0 Å². The SMILES string of the molecule is C=CCC(CCC)(C(=O)O)C(=O)OCC. The zero-order chi connectivity index (χ0) is 11.9. The second-order valence-corrected chi connectivity index (χ2v) is 3.35. The fourth-order valence-electron chi connectivity index (χ4n) is 1.51. The summed E-state index contributed by atoms with van der Waals surface area (Å²) in [5.41, 5.74) is -1.45. The second-order valence-electron chi connectivity index (χ2n) is 3.35. The summed E-state index contributed by atoms with van der Waals surface area (Å²) in [6.07, 6.45) is 2.43. The van der Waals surface area contributed by atoms with E-state index in [0.717, 1.165) is 0 Å². The molecule has 0 saturated heterocycles. The van der Waals surface area contributed by atoms with Gasteiger partial charge in [0.2, 0.25) is 0 Å². The predicted octanol–water partition coefficient (Wildman–Crippen LogP) is 2.00. The Labute approximate surface area is 89.9 Å². The summed E-state index contributed by atoms with van der Waals surface area (Å²) in [5, 5.41) is 9.13. The number of hydrogen-bond acceptors (Lipinski definition) is 3. The summed E-state index contributed by atoms with van der Waals surface area (Å²) >= 11 is 0. The van der Waals surface area contributed by atoms with Crippen LogP contribution >= 0.6 is 0 Å². The fraction of sp³-hybridized carbons (Fsp3) is 0.636. The maximum atomic E-state index is 11.6. The smallest absolute Gasteiger partial charge is 0.323 e. The first-order chi connectivity index (χ1) is 7.05. The van der Waals surface area contributed by atoms with E-state index in [0.29, 0.717) is 6.42 Å². The Bertz CT molecular complexity index is 247. The van der Waals surface area contributed by atoms with E-state index in [9.17, 15) is 9.59 Å². The van der Waals surface area contributed by atoms with Crippen LogP contribution in [0.25, 0.3) is 0 Å². The third-order valence-corrected chi connectivity index (χ3v) is 2.25. The number of carbonyl (C=O) groups is 2. The molecular formula is C11H18O4. The van der Waals surface area contributed by atoms with Crippen LogP contribution in [-0.2, 0) is 14.3 Å². The Kier molecular flexibility index (Phi) is 5.67. The van der Waals surface area contributed by atoms with Gasteiger partial charge in [-0.05, 0) is 19.8 Å². The van der Waals surface area contributed by atoms with Crippen LogP contribution in [0.4, 0.5) is 0 Å². The number of aliphatic carboxylic acids is 1. The van der Waals surface area contributed by atoms with E-state index in [1.54, 1.807) is 6.92 Å². The number of allylic oxidation sites excluding steroid dienone is 1. The second kappa shape index (κ2) is 6.22. The van der Waals surface area contributed by atoms with Crippen molar-refractivity contribution in [3.8, 4) is 0 Å². The highest BCUT2D eigenvalue weighted by molar-refractivity contribution is 5.99. The number of carboxylic acids is 1. The van der Waals surface area contributed by atoms with Crippen LogP contribution in [0.15, 0.2) is 12.7 Å². The largest absolute Gasteiger partial charge is 0.480 e. The molecule has 0 saturated carbocycles. The maximum absolute atomic E-state index is 11.6. The molecule has 0 aliphatic rings. The molecule has 0 aliphatic heterocycles. The molecule has 0 fully saturated rings. The standard InChI is InChI=1S/C11H18O4/c1-4-7-11(8-5-2,9(12)13)10(14)15-6-3/h4H,1,5-8H2,2-3H3,(H,12,13). The van der Waals surface area contributed by atoms with Gasteiger partial charge in [-0.1, -0.05) is 19.4 Å². The Morgan fingerprint density at radius 1 is 1.47 bits per heavy atom. The van der Waals surface area contributed by atoms with Crippen LogP contribution in [0.1, 0.15) is 33.1 Å². The zero-order valence-corrected chi connectivity index (χ0v) is 9.28. The van der Waals surface area contributed by atoms with Crippen molar-refractivity contribution in [2.75, 3.05) is 6.61 Å². The van der Waals surface area contributed by atoms with E-state index >= 15 is 0 Å². The molecular weight excluding hydrogens is 196 g/mol. The number of hydrogen-bond donors (Lipinski definition) is 1. The monoisotopic (exact) mass is 214 g/mol. The number of rotatable bonds is 7. The molecule has 15 heavy (non-hydrogen) atoms. The van der Waals surface area contributed by atoms with Gasteiger partial charge in [-0.15, -0.1) is 6.58 Å². The molecule has 0 amide bonds. The Hall–Kier alpha value is -1.32. The van der Waals surface area contributed by atoms with E-state index in [-0.39, 0.29) is 19.4 Å². The van der Waals surface area contributed by atoms with Gasteiger partial charge in [0, 0.05) is 0 Å². The molecule has 0 radical (unpaired) electrons. The minimum Gasteiger partial charge on any atom is -0.480 e. The Morgan fingerprint density at radius 2 is 2.07 bits per heavy atom. The van der Waals surface area contributed by atoms with Gasteiger partial charge >= 0.3 is 11.9 Å². The van der Waals surface area contributed by atoms with Gasteiger partial charge in [-0.25, -0.2) is 0 Å². The van der Waals surface area contributed by atoms with E-state index in [1.807, 2.05) is 6.92 Å². The quantitative estimate of drug-likeness (QED) is 0.400. The summed E-state index contributed by atoms with van der Waals surface area (Å²) in [6, 6.07) is 0. The van der Waals surface area contributed by atoms with E-state index in [1.165, 1.54) is 6.08 Å². The first-order valence-electron chi connectivity index (χ1n) is 5.06. The van der Waals surface area contributed by atoms with E-state index < -0.39 is 17.4 Å². The average molecular weight is 214 g/mol. The van der Waals surface area contributed by atoms with E-state index in [4.69, 9.17) is 9.84 Å². The lowest BCUT2D eigenvalue weighted by Crippen LogP contribution is -2.40. The van der Waals surface area contributed by atoms with Crippen LogP contribution in [0, 0.1) is 5.41 Å². The van der Waals surface area contributed by atoms with Crippen molar-refractivity contribution in [3.63, 3.8) is 0 Å². The summed E-state index contributed by atoms with van der Waals surface area (Å²) in [6.45, 7) is 7.16. The van der Waals surface area contributed by atoms with Gasteiger partial charge in [0.1, 0.15) is 0 Å². The first kappa shape index (κ1) is 13.7. The summed E-state index contributed by atoms with van der Waals surface area (Å²) in [7, 11) is 0. The van der Waals surface area contributed by atoms with Gasteiger partial charge in [0.25, 0.3) is 0 Å². The Balaban J connectivity index is 5.00. The van der Waals surface area contributed by atoms with Crippen LogP contribution < -0.4 is 0 Å². The number of carbonyl (C=O) groups excluding carboxylic acids is 1. The number of esters is 1. The summed E-state index contributed by atoms with van der Waals surface area (Å²) in [5.74, 6) is -1.80. The van der Waals surface area contributed by atoms with Gasteiger partial charge in [-0.2, -0.15) is 0 Å². The average Bonchev–Trinajstić information content (AvgIpc) is 2.17. The molecule has 4 nitrogen and oxygen atoms in total. The molecule has 0 aromatic rings. The molecule has 0 rings (SSSR count). The van der Waals surface area contributed by atoms with Gasteiger partial charge < -0.3 is 9.84 Å². The van der Waals surface area contributed by atoms with Crippen molar-refractivity contribution in [2.24, 2.45) is 5.41 Å². The summed E-state index contributed by atoms with van der Waals surface area (Å²) in [4.78, 5) is 22.8. The normalized spacial score (nSPS) is 14.0. The molecule has 4 heteroatoms. The molecule has 0 aromatic carbocycles. The van der Waals surface area contributed by atoms with Crippen molar-refractivity contribution in [1.82, 2.24) is 0 Å². The minimum atomic E-state index is -1.45. The van der Waals surface area contributed by atoms with Crippen molar-refractivity contribution in [1.29, 1.82) is 0 Å². The molecule has 0 aliphatic carbocycles. The van der Waals surface area contributed by atoms with Gasteiger partial charge in [-0.3, -0.25) is 9.59 Å². The topological polar surface area (TPSA) is 63.6 Å². The minimum absolute atomic E-state index is 0.106. The lowest BCUT2D eigenvalue weighted by Gasteiger charge is -2.25. The highest BCUT2D eigenvalue weighted by Gasteiger charge is 2.45.